The van der Waals surface area contributed by atoms with Gasteiger partial charge in [0.15, 0.2) is 0 Å². The van der Waals surface area contributed by atoms with Crippen molar-refractivity contribution in [2.75, 3.05) is 19.6 Å². The van der Waals surface area contributed by atoms with Crippen LogP contribution in [0, 0.1) is 5.92 Å². The predicted molar refractivity (Wildman–Crippen MR) is 83.5 cm³/mol. The van der Waals surface area contributed by atoms with Gasteiger partial charge in [-0.1, -0.05) is 33.1 Å². The molecule has 1 aliphatic carbocycles. The van der Waals surface area contributed by atoms with E-state index in [1.165, 1.54) is 77.4 Å². The van der Waals surface area contributed by atoms with E-state index in [1.807, 2.05) is 0 Å². The highest BCUT2D eigenvalue weighted by Crippen LogP contribution is 2.35. The first-order chi connectivity index (χ1) is 9.27. The molecule has 1 saturated carbocycles. The minimum atomic E-state index is 0.644. The van der Waals surface area contributed by atoms with E-state index < -0.39 is 0 Å². The summed E-state index contributed by atoms with van der Waals surface area (Å²) in [5, 5.41) is 3.51. The SMILES string of the molecule is CC(C)NCCCCCN1CCCC1C1CCCC1. The van der Waals surface area contributed by atoms with E-state index in [9.17, 15) is 0 Å². The van der Waals surface area contributed by atoms with Crippen LogP contribution in [-0.2, 0) is 0 Å². The molecule has 0 radical (unpaired) electrons. The molecule has 2 aliphatic rings. The summed E-state index contributed by atoms with van der Waals surface area (Å²) in [5.41, 5.74) is 0. The van der Waals surface area contributed by atoms with Crippen molar-refractivity contribution in [2.45, 2.75) is 83.7 Å². The largest absolute Gasteiger partial charge is 0.315 e. The first-order valence-corrected chi connectivity index (χ1v) is 8.75. The number of rotatable bonds is 8. The second-order valence-electron chi connectivity index (χ2n) is 6.96. The highest BCUT2D eigenvalue weighted by atomic mass is 15.2. The van der Waals surface area contributed by atoms with Crippen LogP contribution < -0.4 is 5.32 Å². The molecule has 19 heavy (non-hydrogen) atoms. The van der Waals surface area contributed by atoms with Crippen LogP contribution in [0.25, 0.3) is 0 Å². The van der Waals surface area contributed by atoms with Gasteiger partial charge >= 0.3 is 0 Å². The predicted octanol–water partition coefficient (Wildman–Crippen LogP) is 3.81. The Morgan fingerprint density at radius 3 is 2.53 bits per heavy atom. The molecule has 2 fully saturated rings. The molecule has 0 amide bonds. The summed E-state index contributed by atoms with van der Waals surface area (Å²) in [7, 11) is 0. The van der Waals surface area contributed by atoms with Crippen molar-refractivity contribution in [3.05, 3.63) is 0 Å². The van der Waals surface area contributed by atoms with Crippen molar-refractivity contribution in [1.29, 1.82) is 0 Å². The summed E-state index contributed by atoms with van der Waals surface area (Å²) in [4.78, 5) is 2.83. The summed E-state index contributed by atoms with van der Waals surface area (Å²) in [6, 6.07) is 1.60. The van der Waals surface area contributed by atoms with Crippen LogP contribution in [0.1, 0.15) is 71.6 Å². The van der Waals surface area contributed by atoms with Crippen molar-refractivity contribution in [1.82, 2.24) is 10.2 Å². The average molecular weight is 266 g/mol. The molecule has 1 unspecified atom stereocenters. The zero-order valence-electron chi connectivity index (χ0n) is 13.2. The zero-order chi connectivity index (χ0) is 13.5. The van der Waals surface area contributed by atoms with Gasteiger partial charge in [-0.15, -0.1) is 0 Å². The van der Waals surface area contributed by atoms with E-state index in [1.54, 1.807) is 0 Å². The lowest BCUT2D eigenvalue weighted by Crippen LogP contribution is -2.35. The fourth-order valence-corrected chi connectivity index (χ4v) is 4.01. The lowest BCUT2D eigenvalue weighted by Gasteiger charge is -2.29. The molecule has 1 N–H and O–H groups in total. The molecule has 1 aliphatic heterocycles. The minimum Gasteiger partial charge on any atom is -0.315 e. The van der Waals surface area contributed by atoms with E-state index in [0.717, 1.165) is 12.0 Å². The third-order valence-corrected chi connectivity index (χ3v) is 5.03. The van der Waals surface area contributed by atoms with Crippen LogP contribution in [0.3, 0.4) is 0 Å². The van der Waals surface area contributed by atoms with E-state index >= 15 is 0 Å². The lowest BCUT2D eigenvalue weighted by molar-refractivity contribution is 0.187. The third-order valence-electron chi connectivity index (χ3n) is 5.03. The van der Waals surface area contributed by atoms with Gasteiger partial charge in [0.05, 0.1) is 0 Å². The fraction of sp³-hybridized carbons (Fsp3) is 1.00. The van der Waals surface area contributed by atoms with Crippen LogP contribution in [0.5, 0.6) is 0 Å². The van der Waals surface area contributed by atoms with Gasteiger partial charge in [0, 0.05) is 12.1 Å². The number of nitrogens with one attached hydrogen (secondary N) is 1. The zero-order valence-corrected chi connectivity index (χ0v) is 13.2. The maximum atomic E-state index is 3.51. The quantitative estimate of drug-likeness (QED) is 0.672. The molecule has 0 aromatic rings. The molecule has 0 aromatic heterocycles. The van der Waals surface area contributed by atoms with Crippen molar-refractivity contribution in [2.24, 2.45) is 5.92 Å². The van der Waals surface area contributed by atoms with Crippen molar-refractivity contribution in [3.63, 3.8) is 0 Å². The summed E-state index contributed by atoms with van der Waals surface area (Å²) in [5.74, 6) is 1.05. The second-order valence-corrected chi connectivity index (χ2v) is 6.96. The topological polar surface area (TPSA) is 15.3 Å². The Labute approximate surface area is 120 Å². The van der Waals surface area contributed by atoms with Gasteiger partial charge in [0.1, 0.15) is 0 Å². The molecule has 112 valence electrons. The van der Waals surface area contributed by atoms with Gasteiger partial charge in [-0.25, -0.2) is 0 Å². The number of nitrogens with zero attached hydrogens (tertiary/aromatic N) is 1. The summed E-state index contributed by atoms with van der Waals surface area (Å²) in [6.07, 6.45) is 13.1. The summed E-state index contributed by atoms with van der Waals surface area (Å²) >= 11 is 0. The Kier molecular flexibility index (Phi) is 6.66. The molecule has 2 rings (SSSR count). The van der Waals surface area contributed by atoms with Crippen LogP contribution in [0.4, 0.5) is 0 Å². The van der Waals surface area contributed by atoms with E-state index in [0.29, 0.717) is 6.04 Å². The van der Waals surface area contributed by atoms with Crippen molar-refractivity contribution < 1.29 is 0 Å². The minimum absolute atomic E-state index is 0.644. The Morgan fingerprint density at radius 1 is 1.00 bits per heavy atom. The first kappa shape index (κ1) is 15.3. The molecule has 1 atom stereocenters. The van der Waals surface area contributed by atoms with Crippen LogP contribution in [0.15, 0.2) is 0 Å². The maximum absolute atomic E-state index is 3.51. The summed E-state index contributed by atoms with van der Waals surface area (Å²) < 4.78 is 0. The van der Waals surface area contributed by atoms with Gasteiger partial charge in [-0.05, 0) is 64.1 Å². The molecule has 2 heteroatoms. The van der Waals surface area contributed by atoms with Crippen molar-refractivity contribution >= 4 is 0 Å². The van der Waals surface area contributed by atoms with E-state index in [-0.39, 0.29) is 0 Å². The fourth-order valence-electron chi connectivity index (χ4n) is 4.01. The van der Waals surface area contributed by atoms with Gasteiger partial charge < -0.3 is 10.2 Å². The highest BCUT2D eigenvalue weighted by Gasteiger charge is 2.32. The average Bonchev–Trinajstić information content (AvgIpc) is 3.03. The number of hydrogen-bond acceptors (Lipinski definition) is 2. The van der Waals surface area contributed by atoms with Crippen LogP contribution in [0.2, 0.25) is 0 Å². The molecule has 0 spiro atoms. The molecule has 0 aromatic carbocycles. The van der Waals surface area contributed by atoms with Crippen LogP contribution in [-0.4, -0.2) is 36.6 Å². The van der Waals surface area contributed by atoms with Gasteiger partial charge in [0.25, 0.3) is 0 Å². The van der Waals surface area contributed by atoms with E-state index in [2.05, 4.69) is 24.1 Å². The Hall–Kier alpha value is -0.0800. The van der Waals surface area contributed by atoms with Gasteiger partial charge in [0.2, 0.25) is 0 Å². The first-order valence-electron chi connectivity index (χ1n) is 8.75. The Morgan fingerprint density at radius 2 is 1.79 bits per heavy atom. The standard InChI is InChI=1S/C17H34N2/c1-15(2)18-12-6-3-7-13-19-14-8-11-17(19)16-9-4-5-10-16/h15-18H,3-14H2,1-2H3. The molecular weight excluding hydrogens is 232 g/mol. The van der Waals surface area contributed by atoms with E-state index in [4.69, 9.17) is 0 Å². The van der Waals surface area contributed by atoms with Gasteiger partial charge in [-0.2, -0.15) is 0 Å². The van der Waals surface area contributed by atoms with Crippen molar-refractivity contribution in [3.8, 4) is 0 Å². The number of unbranched alkanes of at least 4 members (excludes halogenated alkanes) is 2. The smallest absolute Gasteiger partial charge is 0.0124 e. The second kappa shape index (κ2) is 8.26. The molecule has 0 bridgehead atoms. The third kappa shape index (κ3) is 5.07. The molecule has 1 saturated heterocycles. The Bertz CT molecular complexity index is 233. The summed E-state index contributed by atoms with van der Waals surface area (Å²) in [6.45, 7) is 8.41. The number of likely N-dealkylation sites (tertiary alicyclic amines) is 1. The molecular formula is C17H34N2. The normalized spacial score (nSPS) is 25.7. The molecule has 1 heterocycles. The molecule has 2 nitrogen and oxygen atoms in total. The monoisotopic (exact) mass is 266 g/mol. The van der Waals surface area contributed by atoms with Gasteiger partial charge in [-0.3, -0.25) is 0 Å². The van der Waals surface area contributed by atoms with Crippen LogP contribution >= 0.6 is 0 Å². The highest BCUT2D eigenvalue weighted by molar-refractivity contribution is 4.87. The Balaban J connectivity index is 1.56. The lowest BCUT2D eigenvalue weighted by atomic mass is 9.96. The number of hydrogen-bond donors (Lipinski definition) is 1. The maximum Gasteiger partial charge on any atom is 0.0124 e.